The Hall–Kier alpha value is -0.570. The van der Waals surface area contributed by atoms with E-state index in [1.807, 2.05) is 0 Å². The Bertz CT molecular complexity index is 290. The number of carbonyl (C=O) groups is 1. The first-order chi connectivity index (χ1) is 8.93. The van der Waals surface area contributed by atoms with Crippen molar-refractivity contribution in [2.75, 3.05) is 0 Å². The number of unbranched alkanes of at least 4 members (excludes halogenated alkanes) is 1. The van der Waals surface area contributed by atoms with Gasteiger partial charge in [0.1, 0.15) is 0 Å². The normalized spacial score (nSPS) is 27.1. The van der Waals surface area contributed by atoms with Crippen LogP contribution in [-0.2, 0) is 4.79 Å². The molecule has 4 unspecified atom stereocenters. The summed E-state index contributed by atoms with van der Waals surface area (Å²) in [6.45, 7) is 13.1. The Morgan fingerprint density at radius 3 is 2.32 bits per heavy atom. The molecular formula is C16H32N2O. The number of nitrogens with zero attached hydrogens (tertiary/aromatic N) is 1. The van der Waals surface area contributed by atoms with Crippen molar-refractivity contribution < 1.29 is 4.79 Å². The van der Waals surface area contributed by atoms with Gasteiger partial charge in [0.25, 0.3) is 0 Å². The first-order valence-electron chi connectivity index (χ1n) is 8.02. The highest BCUT2D eigenvalue weighted by Gasteiger charge is 2.43. The zero-order chi connectivity index (χ0) is 14.6. The number of hydrogen-bond acceptors (Lipinski definition) is 2. The summed E-state index contributed by atoms with van der Waals surface area (Å²) in [4.78, 5) is 14.8. The molecule has 1 N–H and O–H groups in total. The molecule has 0 bridgehead atoms. The predicted octanol–water partition coefficient (Wildman–Crippen LogP) is 3.39. The van der Waals surface area contributed by atoms with Gasteiger partial charge in [-0.25, -0.2) is 0 Å². The average Bonchev–Trinajstić information content (AvgIpc) is 2.73. The Kier molecular flexibility index (Phi) is 6.31. The lowest BCUT2D eigenvalue weighted by Crippen LogP contribution is -2.46. The van der Waals surface area contributed by atoms with Crippen molar-refractivity contribution in [2.24, 2.45) is 11.8 Å². The van der Waals surface area contributed by atoms with Crippen molar-refractivity contribution in [1.29, 1.82) is 0 Å². The molecule has 3 nitrogen and oxygen atoms in total. The van der Waals surface area contributed by atoms with Crippen LogP contribution in [0.4, 0.5) is 0 Å². The molecule has 1 heterocycles. The highest BCUT2D eigenvalue weighted by Crippen LogP contribution is 2.26. The highest BCUT2D eigenvalue weighted by molar-refractivity contribution is 5.85. The summed E-state index contributed by atoms with van der Waals surface area (Å²) < 4.78 is 0. The average molecular weight is 268 g/mol. The second kappa shape index (κ2) is 7.28. The van der Waals surface area contributed by atoms with E-state index in [1.165, 1.54) is 12.8 Å². The molecule has 1 aliphatic rings. The molecule has 4 atom stereocenters. The molecule has 3 heteroatoms. The fourth-order valence-corrected chi connectivity index (χ4v) is 2.92. The van der Waals surface area contributed by atoms with Crippen LogP contribution in [0.25, 0.3) is 0 Å². The van der Waals surface area contributed by atoms with Crippen molar-refractivity contribution in [2.45, 2.75) is 85.5 Å². The molecule has 0 radical (unpaired) electrons. The fourth-order valence-electron chi connectivity index (χ4n) is 2.92. The molecule has 0 aromatic heterocycles. The Balaban J connectivity index is 2.82. The summed E-state index contributed by atoms with van der Waals surface area (Å²) in [6, 6.07) is 0.364. The van der Waals surface area contributed by atoms with E-state index in [0.717, 1.165) is 12.8 Å². The van der Waals surface area contributed by atoms with Gasteiger partial charge in [-0.2, -0.15) is 0 Å². The van der Waals surface area contributed by atoms with Gasteiger partial charge in [-0.15, -0.1) is 0 Å². The monoisotopic (exact) mass is 268 g/mol. The standard InChI is InChI=1S/C16H32N2O/c1-7-9-10-13(6)18-15(11(3)4)17-14(16(18)19)12(5)8-2/h11-15,17H,7-10H2,1-6H3. The predicted molar refractivity (Wildman–Crippen MR) is 80.8 cm³/mol. The maximum atomic E-state index is 12.7. The lowest BCUT2D eigenvalue weighted by atomic mass is 9.99. The second-order valence-corrected chi connectivity index (χ2v) is 6.46. The van der Waals surface area contributed by atoms with Crippen LogP contribution in [0.1, 0.15) is 67.2 Å². The van der Waals surface area contributed by atoms with E-state index in [-0.39, 0.29) is 12.2 Å². The van der Waals surface area contributed by atoms with Crippen LogP contribution in [0.5, 0.6) is 0 Å². The lowest BCUT2D eigenvalue weighted by molar-refractivity contribution is -0.133. The number of carbonyl (C=O) groups excluding carboxylic acids is 1. The van der Waals surface area contributed by atoms with Crippen molar-refractivity contribution in [3.8, 4) is 0 Å². The molecule has 0 saturated carbocycles. The molecule has 1 amide bonds. The zero-order valence-corrected chi connectivity index (χ0v) is 13.6. The SMILES string of the molecule is CCCCC(C)N1C(=O)C(C(C)CC)NC1C(C)C. The number of rotatable bonds is 7. The minimum atomic E-state index is 0.0153. The van der Waals surface area contributed by atoms with Gasteiger partial charge in [-0.3, -0.25) is 10.1 Å². The van der Waals surface area contributed by atoms with E-state index in [0.29, 0.717) is 23.8 Å². The van der Waals surface area contributed by atoms with Gasteiger partial charge in [0.2, 0.25) is 5.91 Å². The summed E-state index contributed by atoms with van der Waals surface area (Å²) in [5, 5.41) is 3.57. The van der Waals surface area contributed by atoms with Gasteiger partial charge in [0.15, 0.2) is 0 Å². The number of hydrogen-bond donors (Lipinski definition) is 1. The largest absolute Gasteiger partial charge is 0.323 e. The minimum absolute atomic E-state index is 0.0153. The van der Waals surface area contributed by atoms with E-state index in [4.69, 9.17) is 0 Å². The van der Waals surface area contributed by atoms with E-state index in [2.05, 4.69) is 51.8 Å². The molecule has 1 rings (SSSR count). The maximum Gasteiger partial charge on any atom is 0.241 e. The molecular weight excluding hydrogens is 236 g/mol. The summed E-state index contributed by atoms with van der Waals surface area (Å²) in [5.41, 5.74) is 0. The minimum Gasteiger partial charge on any atom is -0.323 e. The first-order valence-corrected chi connectivity index (χ1v) is 8.02. The molecule has 1 fully saturated rings. The van der Waals surface area contributed by atoms with Crippen molar-refractivity contribution in [1.82, 2.24) is 10.2 Å². The Morgan fingerprint density at radius 2 is 1.84 bits per heavy atom. The van der Waals surface area contributed by atoms with Crippen LogP contribution in [0.3, 0.4) is 0 Å². The molecule has 1 saturated heterocycles. The maximum absolute atomic E-state index is 12.7. The van der Waals surface area contributed by atoms with Crippen LogP contribution in [-0.4, -0.2) is 29.1 Å². The van der Waals surface area contributed by atoms with Gasteiger partial charge >= 0.3 is 0 Å². The van der Waals surface area contributed by atoms with Gasteiger partial charge in [0, 0.05) is 6.04 Å². The Morgan fingerprint density at radius 1 is 1.21 bits per heavy atom. The zero-order valence-electron chi connectivity index (χ0n) is 13.6. The highest BCUT2D eigenvalue weighted by atomic mass is 16.2. The van der Waals surface area contributed by atoms with E-state index >= 15 is 0 Å². The van der Waals surface area contributed by atoms with Crippen LogP contribution in [0.15, 0.2) is 0 Å². The topological polar surface area (TPSA) is 32.3 Å². The van der Waals surface area contributed by atoms with Gasteiger partial charge in [-0.1, -0.05) is 53.9 Å². The van der Waals surface area contributed by atoms with E-state index in [9.17, 15) is 4.79 Å². The third kappa shape index (κ3) is 3.71. The van der Waals surface area contributed by atoms with Crippen LogP contribution in [0.2, 0.25) is 0 Å². The van der Waals surface area contributed by atoms with E-state index in [1.54, 1.807) is 0 Å². The van der Waals surface area contributed by atoms with Gasteiger partial charge in [-0.05, 0) is 25.2 Å². The van der Waals surface area contributed by atoms with Crippen LogP contribution in [0, 0.1) is 11.8 Å². The Labute approximate surface area is 119 Å². The third-order valence-electron chi connectivity index (χ3n) is 4.47. The first kappa shape index (κ1) is 16.5. The number of amides is 1. The van der Waals surface area contributed by atoms with Gasteiger partial charge in [0.05, 0.1) is 12.2 Å². The molecule has 1 aliphatic heterocycles. The summed E-state index contributed by atoms with van der Waals surface area (Å²) in [6.07, 6.45) is 4.76. The summed E-state index contributed by atoms with van der Waals surface area (Å²) >= 11 is 0. The molecule has 19 heavy (non-hydrogen) atoms. The lowest BCUT2D eigenvalue weighted by Gasteiger charge is -2.32. The van der Waals surface area contributed by atoms with Crippen molar-refractivity contribution >= 4 is 5.91 Å². The van der Waals surface area contributed by atoms with Gasteiger partial charge < -0.3 is 4.90 Å². The second-order valence-electron chi connectivity index (χ2n) is 6.46. The summed E-state index contributed by atoms with van der Waals surface area (Å²) in [7, 11) is 0. The fraction of sp³-hybridized carbons (Fsp3) is 0.938. The smallest absolute Gasteiger partial charge is 0.241 e. The molecule has 0 aromatic rings. The van der Waals surface area contributed by atoms with Crippen molar-refractivity contribution in [3.63, 3.8) is 0 Å². The molecule has 0 aromatic carbocycles. The molecule has 112 valence electrons. The number of nitrogens with one attached hydrogen (secondary N) is 1. The van der Waals surface area contributed by atoms with Crippen LogP contribution < -0.4 is 5.32 Å². The third-order valence-corrected chi connectivity index (χ3v) is 4.47. The quantitative estimate of drug-likeness (QED) is 0.767. The van der Waals surface area contributed by atoms with E-state index < -0.39 is 0 Å². The summed E-state index contributed by atoms with van der Waals surface area (Å²) in [5.74, 6) is 1.19. The van der Waals surface area contributed by atoms with Crippen molar-refractivity contribution in [3.05, 3.63) is 0 Å². The van der Waals surface area contributed by atoms with Crippen LogP contribution >= 0.6 is 0 Å². The molecule has 0 spiro atoms. The molecule has 0 aliphatic carbocycles.